The highest BCUT2D eigenvalue weighted by molar-refractivity contribution is 5.97. The molecule has 0 aromatic heterocycles. The number of hydrogen-bond acceptors (Lipinski definition) is 4. The molecule has 21 heavy (non-hydrogen) atoms. The van der Waals surface area contributed by atoms with Crippen molar-refractivity contribution in [1.82, 2.24) is 5.43 Å². The zero-order chi connectivity index (χ0) is 15.5. The van der Waals surface area contributed by atoms with Crippen LogP contribution in [0.3, 0.4) is 0 Å². The van der Waals surface area contributed by atoms with Crippen LogP contribution < -0.4 is 5.43 Å². The van der Waals surface area contributed by atoms with Gasteiger partial charge in [-0.25, -0.2) is 10.2 Å². The Bertz CT molecular complexity index is 687. The number of aromatic hydroxyl groups is 1. The summed E-state index contributed by atoms with van der Waals surface area (Å²) in [5.74, 6) is 0.128. The third kappa shape index (κ3) is 3.95. The molecule has 0 radical (unpaired) electrons. The maximum absolute atomic E-state index is 11.4. The molecule has 0 heterocycles. The number of fused-ring (bicyclic) bond motifs is 1. The lowest BCUT2D eigenvalue weighted by Crippen LogP contribution is -2.29. The van der Waals surface area contributed by atoms with E-state index in [2.05, 4.69) is 10.5 Å². The molecule has 0 bridgehead atoms. The first kappa shape index (κ1) is 14.8. The van der Waals surface area contributed by atoms with Gasteiger partial charge in [0.05, 0.1) is 6.21 Å². The molecular formula is C16H18N2O3. The van der Waals surface area contributed by atoms with Gasteiger partial charge in [0, 0.05) is 10.9 Å². The van der Waals surface area contributed by atoms with Gasteiger partial charge in [0.25, 0.3) is 0 Å². The van der Waals surface area contributed by atoms with Crippen molar-refractivity contribution in [1.29, 1.82) is 0 Å². The summed E-state index contributed by atoms with van der Waals surface area (Å²) in [5, 5.41) is 15.6. The minimum Gasteiger partial charge on any atom is -0.507 e. The molecule has 0 aliphatic carbocycles. The number of carbonyl (C=O) groups excluding carboxylic acids is 1. The average Bonchev–Trinajstić information content (AvgIpc) is 2.40. The number of phenols is 1. The van der Waals surface area contributed by atoms with E-state index in [4.69, 9.17) is 4.74 Å². The van der Waals surface area contributed by atoms with Gasteiger partial charge in [-0.1, -0.05) is 30.3 Å². The summed E-state index contributed by atoms with van der Waals surface area (Å²) in [6, 6.07) is 11.1. The minimum absolute atomic E-state index is 0.128. The molecule has 0 spiro atoms. The predicted octanol–water partition coefficient (Wildman–Crippen LogP) is 3.40. The first-order chi connectivity index (χ1) is 9.87. The summed E-state index contributed by atoms with van der Waals surface area (Å²) in [7, 11) is 0. The van der Waals surface area contributed by atoms with Crippen LogP contribution in [-0.2, 0) is 4.74 Å². The van der Waals surface area contributed by atoms with Crippen LogP contribution in [0.15, 0.2) is 41.5 Å². The normalized spacial score (nSPS) is 11.8. The number of phenolic OH excluding ortho intramolecular Hbond substituents is 1. The van der Waals surface area contributed by atoms with Crippen molar-refractivity contribution in [3.05, 3.63) is 42.0 Å². The SMILES string of the molecule is CC(C)(C)OC(=O)NN=Cc1ccc2ccccc2c1O. The lowest BCUT2D eigenvalue weighted by molar-refractivity contribution is 0.0529. The summed E-state index contributed by atoms with van der Waals surface area (Å²) >= 11 is 0. The standard InChI is InChI=1S/C16H18N2O3/c1-16(2,3)21-15(20)18-17-10-12-9-8-11-6-4-5-7-13(11)14(12)19/h4-10,19H,1-3H3,(H,18,20). The summed E-state index contributed by atoms with van der Waals surface area (Å²) in [6.45, 7) is 5.31. The van der Waals surface area contributed by atoms with Crippen molar-refractivity contribution in [2.24, 2.45) is 5.10 Å². The molecule has 5 nitrogen and oxygen atoms in total. The fraction of sp³-hybridized carbons (Fsp3) is 0.250. The second kappa shape index (κ2) is 5.83. The molecule has 0 aliphatic rings. The Morgan fingerprint density at radius 3 is 2.67 bits per heavy atom. The van der Waals surface area contributed by atoms with Crippen molar-refractivity contribution >= 4 is 23.1 Å². The molecule has 2 N–H and O–H groups in total. The maximum atomic E-state index is 11.4. The molecule has 0 fully saturated rings. The minimum atomic E-state index is -0.640. The smallest absolute Gasteiger partial charge is 0.428 e. The molecule has 2 aromatic carbocycles. The number of rotatable bonds is 2. The number of hydrogen-bond donors (Lipinski definition) is 2. The van der Waals surface area contributed by atoms with E-state index in [1.54, 1.807) is 26.8 Å². The zero-order valence-electron chi connectivity index (χ0n) is 12.3. The number of amides is 1. The van der Waals surface area contributed by atoms with Gasteiger partial charge >= 0.3 is 6.09 Å². The average molecular weight is 286 g/mol. The quantitative estimate of drug-likeness (QED) is 0.656. The van der Waals surface area contributed by atoms with Gasteiger partial charge in [0.1, 0.15) is 11.4 Å². The Morgan fingerprint density at radius 1 is 1.24 bits per heavy atom. The molecule has 2 rings (SSSR count). The zero-order valence-corrected chi connectivity index (χ0v) is 12.3. The first-order valence-corrected chi connectivity index (χ1v) is 6.59. The molecule has 0 saturated heterocycles. The number of nitrogens with one attached hydrogen (secondary N) is 1. The number of benzene rings is 2. The molecule has 2 aromatic rings. The van der Waals surface area contributed by atoms with E-state index in [9.17, 15) is 9.90 Å². The molecular weight excluding hydrogens is 268 g/mol. The Hall–Kier alpha value is -2.56. The van der Waals surface area contributed by atoms with Crippen molar-refractivity contribution in [2.45, 2.75) is 26.4 Å². The van der Waals surface area contributed by atoms with E-state index >= 15 is 0 Å². The van der Waals surface area contributed by atoms with Crippen LogP contribution >= 0.6 is 0 Å². The lowest BCUT2D eigenvalue weighted by atomic mass is 10.1. The third-order valence-electron chi connectivity index (χ3n) is 2.69. The number of hydrazone groups is 1. The van der Waals surface area contributed by atoms with E-state index in [-0.39, 0.29) is 5.75 Å². The fourth-order valence-electron chi connectivity index (χ4n) is 1.83. The second-order valence-corrected chi connectivity index (χ2v) is 5.60. The van der Waals surface area contributed by atoms with Gasteiger partial charge in [-0.05, 0) is 32.2 Å². The van der Waals surface area contributed by atoms with Gasteiger partial charge in [-0.2, -0.15) is 5.10 Å². The second-order valence-electron chi connectivity index (χ2n) is 5.60. The molecule has 1 amide bonds. The van der Waals surface area contributed by atoms with Gasteiger partial charge in [-0.15, -0.1) is 0 Å². The molecule has 5 heteroatoms. The molecule has 0 unspecified atom stereocenters. The summed E-state index contributed by atoms with van der Waals surface area (Å²) in [5.41, 5.74) is 2.20. The van der Waals surface area contributed by atoms with Crippen LogP contribution in [0.2, 0.25) is 0 Å². The van der Waals surface area contributed by atoms with Crippen LogP contribution in [0.5, 0.6) is 5.75 Å². The van der Waals surface area contributed by atoms with Crippen LogP contribution in [-0.4, -0.2) is 23.0 Å². The molecule has 0 saturated carbocycles. The monoisotopic (exact) mass is 286 g/mol. The summed E-state index contributed by atoms with van der Waals surface area (Å²) in [4.78, 5) is 11.4. The molecule has 110 valence electrons. The van der Waals surface area contributed by atoms with Gasteiger partial charge < -0.3 is 9.84 Å². The van der Waals surface area contributed by atoms with Crippen molar-refractivity contribution in [3.63, 3.8) is 0 Å². The van der Waals surface area contributed by atoms with Gasteiger partial charge in [0.2, 0.25) is 0 Å². The number of ether oxygens (including phenoxy) is 1. The van der Waals surface area contributed by atoms with Crippen molar-refractivity contribution in [3.8, 4) is 5.75 Å². The van der Waals surface area contributed by atoms with Crippen molar-refractivity contribution in [2.75, 3.05) is 0 Å². The van der Waals surface area contributed by atoms with Crippen LogP contribution in [0.25, 0.3) is 10.8 Å². The summed E-state index contributed by atoms with van der Waals surface area (Å²) < 4.78 is 5.05. The maximum Gasteiger partial charge on any atom is 0.428 e. The van der Waals surface area contributed by atoms with E-state index in [0.29, 0.717) is 5.56 Å². The Labute approximate surface area is 123 Å². The van der Waals surface area contributed by atoms with Crippen LogP contribution in [0, 0.1) is 0 Å². The van der Waals surface area contributed by atoms with E-state index in [1.165, 1.54) is 6.21 Å². The van der Waals surface area contributed by atoms with Crippen molar-refractivity contribution < 1.29 is 14.6 Å². The first-order valence-electron chi connectivity index (χ1n) is 6.59. The van der Waals surface area contributed by atoms with Crippen LogP contribution in [0.4, 0.5) is 4.79 Å². The lowest BCUT2D eigenvalue weighted by Gasteiger charge is -2.18. The Kier molecular flexibility index (Phi) is 4.12. The van der Waals surface area contributed by atoms with Gasteiger partial charge in [0.15, 0.2) is 0 Å². The molecule has 0 atom stereocenters. The number of nitrogens with zero attached hydrogens (tertiary/aromatic N) is 1. The Balaban J connectivity index is 2.11. The van der Waals surface area contributed by atoms with E-state index in [1.807, 2.05) is 30.3 Å². The van der Waals surface area contributed by atoms with Gasteiger partial charge in [-0.3, -0.25) is 0 Å². The predicted molar refractivity (Wildman–Crippen MR) is 82.6 cm³/mol. The highest BCUT2D eigenvalue weighted by Gasteiger charge is 2.15. The summed E-state index contributed by atoms with van der Waals surface area (Å²) in [6.07, 6.45) is 0.741. The largest absolute Gasteiger partial charge is 0.507 e. The number of carbonyl (C=O) groups is 1. The highest BCUT2D eigenvalue weighted by atomic mass is 16.6. The highest BCUT2D eigenvalue weighted by Crippen LogP contribution is 2.27. The topological polar surface area (TPSA) is 70.9 Å². The Morgan fingerprint density at radius 2 is 1.95 bits per heavy atom. The fourth-order valence-corrected chi connectivity index (χ4v) is 1.83. The van der Waals surface area contributed by atoms with E-state index < -0.39 is 11.7 Å². The van der Waals surface area contributed by atoms with Crippen LogP contribution in [0.1, 0.15) is 26.3 Å². The third-order valence-corrected chi connectivity index (χ3v) is 2.69. The van der Waals surface area contributed by atoms with E-state index in [0.717, 1.165) is 10.8 Å². The molecule has 0 aliphatic heterocycles.